The number of rotatable bonds is 9. The SMILES string of the molecule is CCCOC(=O)c1ccc(Oc2c(C(F)(F)F)oc3c(CN(CC)CC)c(O)ccc3c2=O)cc1. The zero-order chi connectivity index (χ0) is 25.8. The molecule has 0 aliphatic carbocycles. The number of benzene rings is 2. The monoisotopic (exact) mass is 493 g/mol. The number of esters is 1. The molecule has 0 radical (unpaired) electrons. The van der Waals surface area contributed by atoms with Gasteiger partial charge in [-0.3, -0.25) is 9.69 Å². The Balaban J connectivity index is 2.09. The molecule has 10 heteroatoms. The molecule has 1 aromatic heterocycles. The van der Waals surface area contributed by atoms with Crippen molar-refractivity contribution in [3.8, 4) is 17.2 Å². The molecule has 3 aromatic rings. The highest BCUT2D eigenvalue weighted by atomic mass is 19.4. The van der Waals surface area contributed by atoms with E-state index in [1.807, 2.05) is 25.7 Å². The van der Waals surface area contributed by atoms with Crippen molar-refractivity contribution in [1.29, 1.82) is 0 Å². The van der Waals surface area contributed by atoms with Crippen LogP contribution in [0, 0.1) is 0 Å². The van der Waals surface area contributed by atoms with Gasteiger partial charge in [-0.1, -0.05) is 20.8 Å². The fourth-order valence-electron chi connectivity index (χ4n) is 3.44. The maximum atomic E-state index is 13.9. The smallest absolute Gasteiger partial charge is 0.453 e. The van der Waals surface area contributed by atoms with Gasteiger partial charge in [-0.05, 0) is 55.9 Å². The van der Waals surface area contributed by atoms with Crippen LogP contribution < -0.4 is 10.2 Å². The minimum atomic E-state index is -5.05. The summed E-state index contributed by atoms with van der Waals surface area (Å²) in [7, 11) is 0. The number of phenols is 1. The molecular formula is C25H26F3NO6. The molecular weight excluding hydrogens is 467 g/mol. The van der Waals surface area contributed by atoms with Crippen LogP contribution in [-0.4, -0.2) is 35.7 Å². The number of hydrogen-bond donors (Lipinski definition) is 1. The number of fused-ring (bicyclic) bond motifs is 1. The van der Waals surface area contributed by atoms with E-state index in [-0.39, 0.29) is 46.7 Å². The van der Waals surface area contributed by atoms with Crippen LogP contribution in [0.4, 0.5) is 13.2 Å². The van der Waals surface area contributed by atoms with E-state index >= 15 is 0 Å². The van der Waals surface area contributed by atoms with E-state index in [1.165, 1.54) is 36.4 Å². The first-order valence-corrected chi connectivity index (χ1v) is 11.2. The van der Waals surface area contributed by atoms with Gasteiger partial charge >= 0.3 is 12.1 Å². The van der Waals surface area contributed by atoms with E-state index in [0.717, 1.165) is 0 Å². The maximum Gasteiger partial charge on any atom is 0.453 e. The summed E-state index contributed by atoms with van der Waals surface area (Å²) < 4.78 is 57.3. The van der Waals surface area contributed by atoms with Gasteiger partial charge < -0.3 is 19.0 Å². The molecule has 1 heterocycles. The van der Waals surface area contributed by atoms with Crippen molar-refractivity contribution in [3.63, 3.8) is 0 Å². The standard InChI is InChI=1S/C25H26F3NO6/c1-4-13-33-24(32)15-7-9-16(10-8-15)34-22-20(31)17-11-12-19(30)18(14-29(5-2)6-3)21(17)35-23(22)25(26,27)28/h7-12,30H,4-6,13-14H2,1-3H3. The van der Waals surface area contributed by atoms with Crippen LogP contribution in [0.5, 0.6) is 17.2 Å². The number of halogens is 3. The number of alkyl halides is 3. The third-order valence-corrected chi connectivity index (χ3v) is 5.38. The average Bonchev–Trinajstić information content (AvgIpc) is 2.83. The molecule has 0 saturated carbocycles. The molecule has 3 rings (SSSR count). The Morgan fingerprint density at radius 2 is 1.71 bits per heavy atom. The third-order valence-electron chi connectivity index (χ3n) is 5.38. The van der Waals surface area contributed by atoms with Crippen molar-refractivity contribution in [2.45, 2.75) is 39.9 Å². The Labute approximate surface area is 199 Å². The average molecular weight is 493 g/mol. The van der Waals surface area contributed by atoms with Gasteiger partial charge in [-0.25, -0.2) is 4.79 Å². The van der Waals surface area contributed by atoms with Crippen LogP contribution >= 0.6 is 0 Å². The van der Waals surface area contributed by atoms with Gasteiger partial charge in [0.1, 0.15) is 17.1 Å². The van der Waals surface area contributed by atoms with Crippen molar-refractivity contribution in [1.82, 2.24) is 4.90 Å². The van der Waals surface area contributed by atoms with Gasteiger partial charge in [0.05, 0.1) is 23.1 Å². The zero-order valence-electron chi connectivity index (χ0n) is 19.6. The molecule has 7 nitrogen and oxygen atoms in total. The molecule has 0 aliphatic heterocycles. The minimum Gasteiger partial charge on any atom is -0.507 e. The lowest BCUT2D eigenvalue weighted by Gasteiger charge is -2.20. The second kappa shape index (κ2) is 10.8. The summed E-state index contributed by atoms with van der Waals surface area (Å²) in [5.74, 6) is -3.62. The number of ether oxygens (including phenoxy) is 2. The fraction of sp³-hybridized carbons (Fsp3) is 0.360. The first-order valence-electron chi connectivity index (χ1n) is 11.2. The molecule has 2 aromatic carbocycles. The summed E-state index contributed by atoms with van der Waals surface area (Å²) in [6.45, 7) is 7.04. The Morgan fingerprint density at radius 1 is 1.06 bits per heavy atom. The number of carbonyl (C=O) groups excluding carboxylic acids is 1. The molecule has 0 fully saturated rings. The van der Waals surface area contributed by atoms with Gasteiger partial charge in [0.2, 0.25) is 11.2 Å². The van der Waals surface area contributed by atoms with Gasteiger partial charge in [-0.15, -0.1) is 0 Å². The highest BCUT2D eigenvalue weighted by molar-refractivity contribution is 5.89. The topological polar surface area (TPSA) is 89.2 Å². The molecule has 0 spiro atoms. The third kappa shape index (κ3) is 5.76. The summed E-state index contributed by atoms with van der Waals surface area (Å²) in [6, 6.07) is 7.60. The van der Waals surface area contributed by atoms with Crippen molar-refractivity contribution in [3.05, 3.63) is 63.5 Å². The lowest BCUT2D eigenvalue weighted by Crippen LogP contribution is -2.23. The van der Waals surface area contributed by atoms with Crippen LogP contribution in [0.2, 0.25) is 0 Å². The van der Waals surface area contributed by atoms with Crippen molar-refractivity contribution < 1.29 is 37.0 Å². The van der Waals surface area contributed by atoms with Crippen LogP contribution in [0.15, 0.2) is 45.6 Å². The molecule has 0 atom stereocenters. The van der Waals surface area contributed by atoms with E-state index in [9.17, 15) is 27.9 Å². The predicted molar refractivity (Wildman–Crippen MR) is 123 cm³/mol. The second-order valence-corrected chi connectivity index (χ2v) is 7.75. The van der Waals surface area contributed by atoms with Gasteiger partial charge in [0.15, 0.2) is 0 Å². The normalized spacial score (nSPS) is 11.7. The highest BCUT2D eigenvalue weighted by Crippen LogP contribution is 2.40. The van der Waals surface area contributed by atoms with Gasteiger partial charge in [0, 0.05) is 6.54 Å². The summed E-state index contributed by atoms with van der Waals surface area (Å²) in [5, 5.41) is 10.2. The van der Waals surface area contributed by atoms with Crippen LogP contribution in [-0.2, 0) is 17.5 Å². The van der Waals surface area contributed by atoms with E-state index < -0.39 is 29.1 Å². The molecule has 1 N–H and O–H groups in total. The molecule has 188 valence electrons. The van der Waals surface area contributed by atoms with Crippen molar-refractivity contribution in [2.24, 2.45) is 0 Å². The first-order chi connectivity index (χ1) is 16.6. The molecule has 35 heavy (non-hydrogen) atoms. The quantitative estimate of drug-likeness (QED) is 0.382. The molecule has 0 aliphatic rings. The first kappa shape index (κ1) is 26.1. The number of hydrogen-bond acceptors (Lipinski definition) is 7. The maximum absolute atomic E-state index is 13.9. The lowest BCUT2D eigenvalue weighted by molar-refractivity contribution is -0.154. The van der Waals surface area contributed by atoms with Crippen LogP contribution in [0.25, 0.3) is 11.0 Å². The van der Waals surface area contributed by atoms with Crippen molar-refractivity contribution >= 4 is 16.9 Å². The minimum absolute atomic E-state index is 0.0790. The van der Waals surface area contributed by atoms with Crippen LogP contribution in [0.3, 0.4) is 0 Å². The largest absolute Gasteiger partial charge is 0.507 e. The molecule has 0 saturated heterocycles. The second-order valence-electron chi connectivity index (χ2n) is 7.75. The fourth-order valence-corrected chi connectivity index (χ4v) is 3.44. The van der Waals surface area contributed by atoms with E-state index in [0.29, 0.717) is 19.5 Å². The van der Waals surface area contributed by atoms with Crippen molar-refractivity contribution in [2.75, 3.05) is 19.7 Å². The summed E-state index contributed by atoms with van der Waals surface area (Å²) in [4.78, 5) is 26.9. The van der Waals surface area contributed by atoms with E-state index in [4.69, 9.17) is 13.9 Å². The van der Waals surface area contributed by atoms with Crippen LogP contribution in [0.1, 0.15) is 48.9 Å². The summed E-state index contributed by atoms with van der Waals surface area (Å²) in [5.41, 5.74) is -1.12. The Morgan fingerprint density at radius 3 is 2.29 bits per heavy atom. The lowest BCUT2D eigenvalue weighted by atomic mass is 10.1. The molecule has 0 unspecified atom stereocenters. The van der Waals surface area contributed by atoms with Gasteiger partial charge in [0.25, 0.3) is 5.76 Å². The summed E-state index contributed by atoms with van der Waals surface area (Å²) >= 11 is 0. The van der Waals surface area contributed by atoms with E-state index in [1.54, 1.807) is 0 Å². The number of carbonyl (C=O) groups is 1. The summed E-state index contributed by atoms with van der Waals surface area (Å²) in [6.07, 6.45) is -4.41. The zero-order valence-corrected chi connectivity index (χ0v) is 19.6. The number of aromatic hydroxyl groups is 1. The number of nitrogens with zero attached hydrogens (tertiary/aromatic N) is 1. The Kier molecular flexibility index (Phi) is 8.06. The molecule has 0 bridgehead atoms. The van der Waals surface area contributed by atoms with E-state index in [2.05, 4.69) is 0 Å². The predicted octanol–water partition coefficient (Wildman–Crippen LogP) is 5.72. The highest BCUT2D eigenvalue weighted by Gasteiger charge is 2.41. The number of phenolic OH excluding ortho intramolecular Hbond substituents is 1. The molecule has 0 amide bonds. The van der Waals surface area contributed by atoms with Gasteiger partial charge in [-0.2, -0.15) is 13.2 Å². The Hall–Kier alpha value is -3.53. The Bertz CT molecular complexity index is 1250.